The Morgan fingerprint density at radius 1 is 1.62 bits per heavy atom. The van der Waals surface area contributed by atoms with E-state index in [1.54, 1.807) is 0 Å². The van der Waals surface area contributed by atoms with Crippen molar-refractivity contribution in [1.82, 2.24) is 4.98 Å². The number of halogens is 2. The molecule has 0 fully saturated rings. The van der Waals surface area contributed by atoms with Crippen LogP contribution in [0.4, 0.5) is 5.69 Å². The molecule has 1 heterocycles. The highest BCUT2D eigenvalue weighted by Gasteiger charge is 2.22. The quantitative estimate of drug-likeness (QED) is 0.466. The van der Waals surface area contributed by atoms with Gasteiger partial charge in [-0.2, -0.15) is 0 Å². The molecular weight excluding hydrogens is 263 g/mol. The van der Waals surface area contributed by atoms with E-state index in [1.165, 1.54) is 6.20 Å². The van der Waals surface area contributed by atoms with Gasteiger partial charge in [-0.05, 0) is 27.5 Å². The van der Waals surface area contributed by atoms with Gasteiger partial charge in [0.05, 0.1) is 4.92 Å². The normalized spacial score (nSPS) is 9.69. The first-order valence-electron chi connectivity index (χ1n) is 3.01. The van der Waals surface area contributed by atoms with Gasteiger partial charge in [0.1, 0.15) is 10.0 Å². The predicted molar refractivity (Wildman–Crippen MR) is 48.8 cm³/mol. The molecule has 13 heavy (non-hydrogen) atoms. The lowest BCUT2D eigenvalue weighted by Crippen LogP contribution is -2.00. The summed E-state index contributed by atoms with van der Waals surface area (Å²) >= 11 is 8.02. The minimum absolute atomic E-state index is 0.129. The Labute approximate surface area is 86.0 Å². The third-order valence-corrected chi connectivity index (χ3v) is 2.05. The van der Waals surface area contributed by atoms with Crippen LogP contribution in [0.2, 0.25) is 0 Å². The van der Waals surface area contributed by atoms with E-state index in [9.17, 15) is 14.9 Å². The number of pyridine rings is 1. The van der Waals surface area contributed by atoms with Crippen molar-refractivity contribution >= 4 is 38.5 Å². The van der Waals surface area contributed by atoms with Crippen molar-refractivity contribution in [3.8, 4) is 0 Å². The summed E-state index contributed by atoms with van der Waals surface area (Å²) in [6.45, 7) is 0. The molecule has 1 aromatic heterocycles. The Hall–Kier alpha value is -1.01. The Balaban J connectivity index is 3.43. The second kappa shape index (κ2) is 3.80. The fourth-order valence-corrected chi connectivity index (χ4v) is 1.37. The Bertz CT molecular complexity index is 382. The van der Waals surface area contributed by atoms with E-state index in [-0.39, 0.29) is 15.7 Å². The molecule has 0 bridgehead atoms. The van der Waals surface area contributed by atoms with Gasteiger partial charge in [-0.15, -0.1) is 0 Å². The van der Waals surface area contributed by atoms with Crippen molar-refractivity contribution in [2.45, 2.75) is 0 Å². The summed E-state index contributed by atoms with van der Waals surface area (Å²) in [6.07, 6.45) is 2.28. The summed E-state index contributed by atoms with van der Waals surface area (Å²) in [5, 5.41) is 9.58. The Kier molecular flexibility index (Phi) is 2.94. The molecule has 0 atom stereocenters. The molecular formula is C6H2BrClN2O3. The van der Waals surface area contributed by atoms with Crippen LogP contribution in [0, 0.1) is 10.1 Å². The predicted octanol–water partition coefficient (Wildman–Crippen LogP) is 2.13. The van der Waals surface area contributed by atoms with Gasteiger partial charge in [0, 0.05) is 12.4 Å². The fraction of sp³-hybridized carbons (Fsp3) is 0. The van der Waals surface area contributed by atoms with E-state index < -0.39 is 10.2 Å². The third kappa shape index (κ3) is 2.02. The number of carbonyl (C=O) groups is 1. The second-order valence-corrected chi connectivity index (χ2v) is 3.25. The summed E-state index contributed by atoms with van der Waals surface area (Å²) in [7, 11) is 0. The minimum atomic E-state index is -0.902. The summed E-state index contributed by atoms with van der Waals surface area (Å²) in [5.41, 5.74) is -0.587. The number of nitrogens with zero attached hydrogens (tertiary/aromatic N) is 2. The maximum absolute atomic E-state index is 10.7. The van der Waals surface area contributed by atoms with Crippen LogP contribution in [0.1, 0.15) is 10.4 Å². The number of carbonyl (C=O) groups excluding carboxylic acids is 1. The van der Waals surface area contributed by atoms with Crippen LogP contribution in [0.3, 0.4) is 0 Å². The highest BCUT2D eigenvalue weighted by Crippen LogP contribution is 2.28. The zero-order valence-corrected chi connectivity index (χ0v) is 8.37. The molecule has 7 heteroatoms. The van der Waals surface area contributed by atoms with Gasteiger partial charge in [0.15, 0.2) is 0 Å². The van der Waals surface area contributed by atoms with E-state index in [0.29, 0.717) is 0 Å². The van der Waals surface area contributed by atoms with Crippen LogP contribution in [-0.2, 0) is 0 Å². The van der Waals surface area contributed by atoms with Gasteiger partial charge in [-0.1, -0.05) is 0 Å². The van der Waals surface area contributed by atoms with Gasteiger partial charge < -0.3 is 0 Å². The first-order valence-corrected chi connectivity index (χ1v) is 4.19. The van der Waals surface area contributed by atoms with Crippen molar-refractivity contribution in [2.75, 3.05) is 0 Å². The van der Waals surface area contributed by atoms with Crippen LogP contribution in [0.25, 0.3) is 0 Å². The van der Waals surface area contributed by atoms with E-state index in [2.05, 4.69) is 20.9 Å². The standard InChI is InChI=1S/C6H2BrClN2O3/c7-4-2-9-1-3(6(8)11)5(4)10(12)13/h1-2H. The van der Waals surface area contributed by atoms with Gasteiger partial charge in [-0.25, -0.2) is 0 Å². The maximum atomic E-state index is 10.7. The number of aromatic nitrogens is 1. The topological polar surface area (TPSA) is 73.1 Å². The minimum Gasteiger partial charge on any atom is -0.275 e. The largest absolute Gasteiger partial charge is 0.298 e. The SMILES string of the molecule is O=C(Cl)c1cncc(Br)c1[N+](=O)[O-]. The van der Waals surface area contributed by atoms with Crippen molar-refractivity contribution in [2.24, 2.45) is 0 Å². The van der Waals surface area contributed by atoms with E-state index >= 15 is 0 Å². The molecule has 68 valence electrons. The lowest BCUT2D eigenvalue weighted by Gasteiger charge is -1.97. The van der Waals surface area contributed by atoms with Crippen molar-refractivity contribution in [3.63, 3.8) is 0 Å². The summed E-state index contributed by atoms with van der Waals surface area (Å²) < 4.78 is 0.129. The van der Waals surface area contributed by atoms with Crippen molar-refractivity contribution in [1.29, 1.82) is 0 Å². The van der Waals surface area contributed by atoms with Crippen molar-refractivity contribution in [3.05, 3.63) is 32.5 Å². The highest BCUT2D eigenvalue weighted by atomic mass is 79.9. The molecule has 0 spiro atoms. The van der Waals surface area contributed by atoms with Gasteiger partial charge in [0.2, 0.25) is 0 Å². The lowest BCUT2D eigenvalue weighted by atomic mass is 10.2. The molecule has 1 aromatic rings. The van der Waals surface area contributed by atoms with Crippen molar-refractivity contribution < 1.29 is 9.72 Å². The zero-order valence-electron chi connectivity index (χ0n) is 6.03. The van der Waals surface area contributed by atoms with Crippen LogP contribution < -0.4 is 0 Å². The molecule has 0 aliphatic heterocycles. The van der Waals surface area contributed by atoms with Crippen LogP contribution in [0.15, 0.2) is 16.9 Å². The first kappa shape index (κ1) is 10.1. The monoisotopic (exact) mass is 264 g/mol. The molecule has 0 unspecified atom stereocenters. The first-order chi connectivity index (χ1) is 6.04. The number of rotatable bonds is 2. The van der Waals surface area contributed by atoms with Crippen LogP contribution in [0.5, 0.6) is 0 Å². The van der Waals surface area contributed by atoms with E-state index in [1.807, 2.05) is 0 Å². The molecule has 0 aliphatic rings. The van der Waals surface area contributed by atoms with Crippen LogP contribution >= 0.6 is 27.5 Å². The molecule has 0 radical (unpaired) electrons. The Morgan fingerprint density at radius 2 is 2.23 bits per heavy atom. The lowest BCUT2D eigenvalue weighted by molar-refractivity contribution is -0.386. The zero-order chi connectivity index (χ0) is 10.0. The molecule has 0 aromatic carbocycles. The summed E-state index contributed by atoms with van der Waals surface area (Å²) in [5.74, 6) is 0. The molecule has 0 amide bonds. The van der Waals surface area contributed by atoms with Gasteiger partial charge in [0.25, 0.3) is 10.9 Å². The number of hydrogen-bond donors (Lipinski definition) is 0. The third-order valence-electron chi connectivity index (χ3n) is 1.27. The number of nitro groups is 1. The molecule has 1 rings (SSSR count). The maximum Gasteiger partial charge on any atom is 0.298 e. The summed E-state index contributed by atoms with van der Waals surface area (Å²) in [4.78, 5) is 24.1. The Morgan fingerprint density at radius 3 is 2.62 bits per heavy atom. The van der Waals surface area contributed by atoms with E-state index in [0.717, 1.165) is 6.20 Å². The highest BCUT2D eigenvalue weighted by molar-refractivity contribution is 9.10. The smallest absolute Gasteiger partial charge is 0.275 e. The molecule has 0 saturated heterocycles. The molecule has 0 aliphatic carbocycles. The van der Waals surface area contributed by atoms with Crippen LogP contribution in [-0.4, -0.2) is 15.1 Å². The molecule has 0 saturated carbocycles. The van der Waals surface area contributed by atoms with Gasteiger partial charge >= 0.3 is 0 Å². The van der Waals surface area contributed by atoms with E-state index in [4.69, 9.17) is 11.6 Å². The van der Waals surface area contributed by atoms with Gasteiger partial charge in [-0.3, -0.25) is 19.9 Å². The number of hydrogen-bond acceptors (Lipinski definition) is 4. The average Bonchev–Trinajstić information content (AvgIpc) is 2.02. The molecule has 0 N–H and O–H groups in total. The summed E-state index contributed by atoms with van der Waals surface area (Å²) in [6, 6.07) is 0. The molecule has 5 nitrogen and oxygen atoms in total. The fourth-order valence-electron chi connectivity index (χ4n) is 0.758. The average molecular weight is 265 g/mol. The second-order valence-electron chi connectivity index (χ2n) is 2.05.